The Kier molecular flexibility index (Phi) is 20.1. The predicted molar refractivity (Wildman–Crippen MR) is 214 cm³/mol. The molecule has 4 rings (SSSR count). The third-order valence-corrected chi connectivity index (χ3v) is 25.6. The first-order chi connectivity index (χ1) is 25.6. The van der Waals surface area contributed by atoms with E-state index in [1.54, 1.807) is 0 Å². The summed E-state index contributed by atoms with van der Waals surface area (Å²) in [6.45, 7) is 8.56. The molecule has 0 unspecified atom stereocenters. The molecule has 5 atom stereocenters. The van der Waals surface area contributed by atoms with Crippen LogP contribution in [0.3, 0.4) is 0 Å². The van der Waals surface area contributed by atoms with Gasteiger partial charge in [0.25, 0.3) is 0 Å². The van der Waals surface area contributed by atoms with Crippen LogP contribution in [0.4, 0.5) is 0 Å². The number of carbonyl (C=O) groups is 1. The van der Waals surface area contributed by atoms with Gasteiger partial charge in [0.05, 0.1) is 0 Å². The number of ether oxygens (including phenoxy) is 5. The van der Waals surface area contributed by atoms with Gasteiger partial charge in [0, 0.05) is 0 Å². The Balaban J connectivity index is 1.62. The molecule has 1 fully saturated rings. The van der Waals surface area contributed by atoms with Crippen molar-refractivity contribution in [3.05, 3.63) is 120 Å². The van der Waals surface area contributed by atoms with Crippen LogP contribution in [0.2, 0.25) is 17.7 Å². The van der Waals surface area contributed by atoms with Crippen LogP contribution in [0.1, 0.15) is 88.8 Å². The van der Waals surface area contributed by atoms with Gasteiger partial charge in [-0.25, -0.2) is 0 Å². The van der Waals surface area contributed by atoms with E-state index in [0.717, 1.165) is 23.0 Å². The summed E-state index contributed by atoms with van der Waals surface area (Å²) in [5.41, 5.74) is 3.25. The fourth-order valence-electron chi connectivity index (χ4n) is 7.33. The quantitative estimate of drug-likeness (QED) is 0.0457. The molecule has 0 spiro atoms. The van der Waals surface area contributed by atoms with Crippen molar-refractivity contribution in [2.45, 2.75) is 140 Å². The normalized spacial score (nSPS) is 20.6. The predicted octanol–water partition coefficient (Wildman–Crippen LogP) is 10.9. The second-order valence-electron chi connectivity index (χ2n) is 14.5. The number of unbranched alkanes of at least 4 members (excludes halogenated alkanes) is 3. The van der Waals surface area contributed by atoms with Crippen LogP contribution in [0, 0.1) is 0 Å². The zero-order valence-electron chi connectivity index (χ0n) is 32.0. The number of hydrogen-bond donors (Lipinski definition) is 0. The first kappa shape index (κ1) is 42.3. The molecule has 1 aliphatic rings. The van der Waals surface area contributed by atoms with Gasteiger partial charge in [0.2, 0.25) is 0 Å². The van der Waals surface area contributed by atoms with Gasteiger partial charge < -0.3 is 0 Å². The number of benzene rings is 3. The van der Waals surface area contributed by atoms with Crippen molar-refractivity contribution in [3.63, 3.8) is 0 Å². The van der Waals surface area contributed by atoms with E-state index in [1.807, 2.05) is 60.9 Å². The summed E-state index contributed by atoms with van der Waals surface area (Å²) >= 11 is -2.40. The molecule has 6 nitrogen and oxygen atoms in total. The molecule has 3 aromatic rings. The summed E-state index contributed by atoms with van der Waals surface area (Å²) in [5, 5.41) is 0. The zero-order chi connectivity index (χ0) is 36.7. The minimum atomic E-state index is -2.40. The number of aldehydes is 1. The summed E-state index contributed by atoms with van der Waals surface area (Å²) in [7, 11) is 0. The van der Waals surface area contributed by atoms with Gasteiger partial charge >= 0.3 is 284 Å². The molecule has 284 valence electrons. The second-order valence-corrected chi connectivity index (χ2v) is 28.5. The molecule has 1 aliphatic heterocycles. The Labute approximate surface area is 318 Å². The molecular weight excluding hydrogens is 755 g/mol. The van der Waals surface area contributed by atoms with E-state index in [-0.39, 0.29) is 6.10 Å². The molecule has 3 aromatic carbocycles. The van der Waals surface area contributed by atoms with Crippen LogP contribution in [0.25, 0.3) is 0 Å². The minimum absolute atomic E-state index is 0.322. The third kappa shape index (κ3) is 14.4. The van der Waals surface area contributed by atoms with Gasteiger partial charge in [-0.05, 0) is 0 Å². The van der Waals surface area contributed by atoms with Gasteiger partial charge in [0.1, 0.15) is 0 Å². The van der Waals surface area contributed by atoms with Gasteiger partial charge in [-0.3, -0.25) is 0 Å². The average molecular weight is 820 g/mol. The monoisotopic (exact) mass is 820 g/mol. The molecule has 0 radical (unpaired) electrons. The van der Waals surface area contributed by atoms with Crippen LogP contribution >= 0.6 is 0 Å². The van der Waals surface area contributed by atoms with Crippen molar-refractivity contribution in [3.8, 4) is 0 Å². The SMILES string of the molecule is CCC[CH2][Sn]([CH2]/C=C/O[C@@H]1[C@@H](OCc2ccccc2)[C@H](OCc2ccccc2)[C@@H](COCc2ccccc2)O[C@H]1CCC=O)([CH2]CCC)[CH2]CCC. The van der Waals surface area contributed by atoms with E-state index in [9.17, 15) is 4.79 Å². The third-order valence-electron chi connectivity index (χ3n) is 10.3. The molecule has 52 heavy (non-hydrogen) atoms. The molecule has 0 saturated carbocycles. The van der Waals surface area contributed by atoms with Crippen molar-refractivity contribution in [1.82, 2.24) is 0 Å². The number of hydrogen-bond acceptors (Lipinski definition) is 6. The molecule has 0 amide bonds. The Morgan fingerprint density at radius 3 is 1.63 bits per heavy atom. The zero-order valence-corrected chi connectivity index (χ0v) is 34.9. The summed E-state index contributed by atoms with van der Waals surface area (Å²) in [6.07, 6.45) is 11.8. The Morgan fingerprint density at radius 2 is 1.13 bits per heavy atom. The molecule has 0 bridgehead atoms. The van der Waals surface area contributed by atoms with E-state index in [2.05, 4.69) is 63.2 Å². The van der Waals surface area contributed by atoms with Crippen LogP contribution in [0.15, 0.2) is 103 Å². The van der Waals surface area contributed by atoms with Crippen molar-refractivity contribution in [1.29, 1.82) is 0 Å². The Hall–Kier alpha value is -2.49. The van der Waals surface area contributed by atoms with Gasteiger partial charge in [-0.2, -0.15) is 0 Å². The summed E-state index contributed by atoms with van der Waals surface area (Å²) in [4.78, 5) is 11.7. The average Bonchev–Trinajstić information content (AvgIpc) is 3.19. The molecule has 1 heterocycles. The topological polar surface area (TPSA) is 63.2 Å². The second kappa shape index (κ2) is 24.8. The summed E-state index contributed by atoms with van der Waals surface area (Å²) in [5.74, 6) is 0. The molecular formula is C45H64O6Sn. The van der Waals surface area contributed by atoms with Crippen LogP contribution in [0.5, 0.6) is 0 Å². The first-order valence-corrected chi connectivity index (χ1v) is 28.0. The van der Waals surface area contributed by atoms with E-state index >= 15 is 0 Å². The van der Waals surface area contributed by atoms with Crippen molar-refractivity contribution in [2.24, 2.45) is 0 Å². The summed E-state index contributed by atoms with van der Waals surface area (Å²) < 4.78 is 39.1. The molecule has 0 aliphatic carbocycles. The standard InChI is InChI=1S/C33H37O6.3C4H9.Sn/c1-2-21-36-31-29(19-12-20-34)39-30(25-35-22-26-13-6-3-7-14-26)32(37-23-27-15-8-4-9-16-27)33(31)38-24-28-17-10-5-11-18-28;3*1-3-4-2;/h2-11,13-18,20-21,29-33H,1,12,19,22-25H2;3*1,3-4H2,2H3;/b21-2+;;;;/t29-,30+,31-,32+,33+;;;;/m0..../s1. The Morgan fingerprint density at radius 1 is 0.635 bits per heavy atom. The van der Waals surface area contributed by atoms with E-state index in [4.69, 9.17) is 23.7 Å². The number of carbonyl (C=O) groups excluding carboxylic acids is 1. The van der Waals surface area contributed by atoms with Gasteiger partial charge in [0.15, 0.2) is 0 Å². The molecule has 0 N–H and O–H groups in total. The van der Waals surface area contributed by atoms with Gasteiger partial charge in [-0.1, -0.05) is 36.4 Å². The van der Waals surface area contributed by atoms with Crippen molar-refractivity contribution < 1.29 is 28.5 Å². The Bertz CT molecular complexity index is 1350. The van der Waals surface area contributed by atoms with Crippen molar-refractivity contribution >= 4 is 24.7 Å². The summed E-state index contributed by atoms with van der Waals surface area (Å²) in [6, 6.07) is 30.6. The van der Waals surface area contributed by atoms with Gasteiger partial charge in [-0.15, -0.1) is 0 Å². The van der Waals surface area contributed by atoms with E-state index < -0.39 is 42.8 Å². The van der Waals surface area contributed by atoms with Crippen LogP contribution in [-0.2, 0) is 48.3 Å². The van der Waals surface area contributed by atoms with E-state index in [0.29, 0.717) is 39.3 Å². The fourth-order valence-corrected chi connectivity index (χ4v) is 22.4. The van der Waals surface area contributed by atoms with Crippen LogP contribution in [-0.4, -0.2) is 61.8 Å². The maximum atomic E-state index is 11.7. The van der Waals surface area contributed by atoms with E-state index in [1.165, 1.54) is 56.3 Å². The number of rotatable bonds is 26. The molecule has 1 saturated heterocycles. The fraction of sp³-hybridized carbons (Fsp3) is 0.533. The maximum absolute atomic E-state index is 11.7. The van der Waals surface area contributed by atoms with Crippen molar-refractivity contribution in [2.75, 3.05) is 6.61 Å². The first-order valence-electron chi connectivity index (χ1n) is 19.9. The molecule has 0 aromatic heterocycles. The molecule has 7 heteroatoms. The van der Waals surface area contributed by atoms with Crippen LogP contribution < -0.4 is 0 Å². The number of allylic oxidation sites excluding steroid dienone is 1.